The summed E-state index contributed by atoms with van der Waals surface area (Å²) in [5, 5.41) is 8.69. The molecule has 0 atom stereocenters. The highest BCUT2D eigenvalue weighted by molar-refractivity contribution is 5.66. The second-order valence-electron chi connectivity index (χ2n) is 6.84. The number of benzene rings is 3. The van der Waals surface area contributed by atoms with Gasteiger partial charge in [0.05, 0.1) is 0 Å². The highest BCUT2D eigenvalue weighted by Gasteiger charge is 2.39. The second-order valence-corrected chi connectivity index (χ2v) is 6.84. The minimum atomic E-state index is -4.34. The maximum atomic E-state index is 14.5. The zero-order valence-electron chi connectivity index (χ0n) is 16.5. The van der Waals surface area contributed by atoms with Gasteiger partial charge in [0.2, 0.25) is 0 Å². The van der Waals surface area contributed by atoms with Crippen LogP contribution in [0.2, 0.25) is 0 Å². The fourth-order valence-electron chi connectivity index (χ4n) is 3.11. The Balaban J connectivity index is 1.92. The van der Waals surface area contributed by atoms with Gasteiger partial charge in [-0.1, -0.05) is 19.4 Å². The Morgan fingerprint density at radius 2 is 1.53 bits per heavy atom. The van der Waals surface area contributed by atoms with E-state index in [-0.39, 0.29) is 23.1 Å². The number of nitriles is 1. The lowest BCUT2D eigenvalue weighted by atomic mass is 10.0. The second kappa shape index (κ2) is 8.91. The van der Waals surface area contributed by atoms with Crippen LogP contribution < -0.4 is 4.74 Å². The van der Waals surface area contributed by atoms with Crippen molar-refractivity contribution in [2.75, 3.05) is 0 Å². The molecule has 0 amide bonds. The fourth-order valence-corrected chi connectivity index (χ4v) is 3.11. The zero-order chi connectivity index (χ0) is 23.6. The smallest absolute Gasteiger partial charge is 0.429 e. The molecule has 0 radical (unpaired) electrons. The van der Waals surface area contributed by atoms with Gasteiger partial charge in [-0.05, 0) is 47.9 Å². The third kappa shape index (κ3) is 4.40. The lowest BCUT2D eigenvalue weighted by Gasteiger charge is -2.20. The Labute approximate surface area is 178 Å². The molecule has 0 unspecified atom stereocenters. The first-order chi connectivity index (χ1) is 15.1. The fraction of sp³-hybridized carbons (Fsp3) is 0.174. The molecule has 0 heterocycles. The summed E-state index contributed by atoms with van der Waals surface area (Å²) in [6, 6.07) is 6.76. The van der Waals surface area contributed by atoms with E-state index in [2.05, 4.69) is 4.74 Å². The molecule has 0 N–H and O–H groups in total. The van der Waals surface area contributed by atoms with Crippen LogP contribution in [0.5, 0.6) is 5.75 Å². The SMILES string of the molecule is CCCc1ccc(C(F)(F)Oc2ccc(-c3cc(F)c(C#N)c(F)c3)c(F)c2)c(F)c1F. The molecular weight excluding hydrogens is 439 g/mol. The normalized spacial score (nSPS) is 11.3. The van der Waals surface area contributed by atoms with Gasteiger partial charge in [0, 0.05) is 11.6 Å². The first kappa shape index (κ1) is 23.1. The van der Waals surface area contributed by atoms with Crippen molar-refractivity contribution < 1.29 is 35.5 Å². The number of alkyl halides is 2. The van der Waals surface area contributed by atoms with Gasteiger partial charge in [0.25, 0.3) is 0 Å². The van der Waals surface area contributed by atoms with E-state index in [9.17, 15) is 30.7 Å². The first-order valence-electron chi connectivity index (χ1n) is 9.32. The van der Waals surface area contributed by atoms with Crippen molar-refractivity contribution in [3.05, 3.63) is 88.2 Å². The van der Waals surface area contributed by atoms with Gasteiger partial charge in [-0.25, -0.2) is 22.0 Å². The first-order valence-corrected chi connectivity index (χ1v) is 9.32. The van der Waals surface area contributed by atoms with E-state index < -0.39 is 52.1 Å². The van der Waals surface area contributed by atoms with Crippen LogP contribution in [0.25, 0.3) is 11.1 Å². The van der Waals surface area contributed by atoms with Gasteiger partial charge >= 0.3 is 6.11 Å². The standard InChI is InChI=1S/C23H14F7NO/c1-2-3-12-4-7-17(22(28)21(12)27)23(29,30)32-14-5-6-15(20(26)10-14)13-8-18(24)16(11-31)19(25)9-13/h4-10H,2-3H2,1H3. The van der Waals surface area contributed by atoms with E-state index >= 15 is 0 Å². The Morgan fingerprint density at radius 1 is 0.875 bits per heavy atom. The lowest BCUT2D eigenvalue weighted by Crippen LogP contribution is -2.24. The van der Waals surface area contributed by atoms with Crippen LogP contribution in [0.4, 0.5) is 30.7 Å². The highest BCUT2D eigenvalue weighted by atomic mass is 19.3. The molecule has 0 aliphatic rings. The number of ether oxygens (including phenoxy) is 1. The maximum Gasteiger partial charge on any atom is 0.429 e. The molecular formula is C23H14F7NO. The van der Waals surface area contributed by atoms with Crippen LogP contribution in [0.3, 0.4) is 0 Å². The quantitative estimate of drug-likeness (QED) is 0.377. The Bertz CT molecular complexity index is 1190. The summed E-state index contributed by atoms with van der Waals surface area (Å²) < 4.78 is 104. The topological polar surface area (TPSA) is 33.0 Å². The third-order valence-electron chi connectivity index (χ3n) is 4.65. The number of hydrogen-bond donors (Lipinski definition) is 0. The number of halogens is 7. The minimum Gasteiger partial charge on any atom is -0.429 e. The molecule has 0 bridgehead atoms. The molecule has 3 rings (SSSR count). The number of rotatable bonds is 6. The van der Waals surface area contributed by atoms with Crippen molar-refractivity contribution >= 4 is 0 Å². The molecule has 0 saturated carbocycles. The zero-order valence-corrected chi connectivity index (χ0v) is 16.5. The van der Waals surface area contributed by atoms with Crippen LogP contribution in [0, 0.1) is 40.4 Å². The van der Waals surface area contributed by atoms with Crippen molar-refractivity contribution in [1.82, 2.24) is 0 Å². The van der Waals surface area contributed by atoms with Gasteiger partial charge in [0.1, 0.15) is 40.4 Å². The largest absolute Gasteiger partial charge is 0.429 e. The molecule has 0 saturated heterocycles. The molecule has 2 nitrogen and oxygen atoms in total. The highest BCUT2D eigenvalue weighted by Crippen LogP contribution is 2.36. The predicted octanol–water partition coefficient (Wildman–Crippen LogP) is 7.00. The predicted molar refractivity (Wildman–Crippen MR) is 101 cm³/mol. The molecule has 0 fully saturated rings. The van der Waals surface area contributed by atoms with Crippen LogP contribution in [0.15, 0.2) is 42.5 Å². The van der Waals surface area contributed by atoms with Gasteiger partial charge in [0.15, 0.2) is 11.6 Å². The molecule has 32 heavy (non-hydrogen) atoms. The van der Waals surface area contributed by atoms with E-state index in [1.54, 1.807) is 6.92 Å². The lowest BCUT2D eigenvalue weighted by molar-refractivity contribution is -0.187. The van der Waals surface area contributed by atoms with E-state index in [0.29, 0.717) is 30.7 Å². The molecule has 0 aliphatic carbocycles. The average Bonchev–Trinajstić information content (AvgIpc) is 2.71. The summed E-state index contributed by atoms with van der Waals surface area (Å²) in [6.45, 7) is 1.71. The van der Waals surface area contributed by atoms with E-state index in [1.807, 2.05) is 0 Å². The van der Waals surface area contributed by atoms with Crippen molar-refractivity contribution in [3.8, 4) is 22.9 Å². The third-order valence-corrected chi connectivity index (χ3v) is 4.65. The van der Waals surface area contributed by atoms with Crippen molar-refractivity contribution in [2.45, 2.75) is 25.9 Å². The van der Waals surface area contributed by atoms with Gasteiger partial charge < -0.3 is 4.74 Å². The average molecular weight is 453 g/mol. The summed E-state index contributed by atoms with van der Waals surface area (Å²) in [5.41, 5.74) is -2.93. The molecule has 3 aromatic carbocycles. The molecule has 9 heteroatoms. The van der Waals surface area contributed by atoms with Crippen molar-refractivity contribution in [2.24, 2.45) is 0 Å². The summed E-state index contributed by atoms with van der Waals surface area (Å²) in [6.07, 6.45) is -3.71. The van der Waals surface area contributed by atoms with Crippen molar-refractivity contribution in [3.63, 3.8) is 0 Å². The van der Waals surface area contributed by atoms with Crippen LogP contribution in [-0.2, 0) is 12.5 Å². The molecule has 0 spiro atoms. The molecule has 0 aromatic heterocycles. The van der Waals surface area contributed by atoms with Gasteiger partial charge in [-0.2, -0.15) is 14.0 Å². The van der Waals surface area contributed by atoms with Gasteiger partial charge in [-0.15, -0.1) is 0 Å². The summed E-state index contributed by atoms with van der Waals surface area (Å²) in [4.78, 5) is 0. The Morgan fingerprint density at radius 3 is 2.09 bits per heavy atom. The summed E-state index contributed by atoms with van der Waals surface area (Å²) >= 11 is 0. The van der Waals surface area contributed by atoms with Crippen LogP contribution in [-0.4, -0.2) is 0 Å². The van der Waals surface area contributed by atoms with Crippen LogP contribution in [0.1, 0.15) is 30.0 Å². The molecule has 0 aliphatic heterocycles. The van der Waals surface area contributed by atoms with Crippen molar-refractivity contribution in [1.29, 1.82) is 5.26 Å². The van der Waals surface area contributed by atoms with Crippen LogP contribution >= 0.6 is 0 Å². The monoisotopic (exact) mass is 453 g/mol. The van der Waals surface area contributed by atoms with E-state index in [1.165, 1.54) is 6.07 Å². The Hall–Kier alpha value is -3.54. The molecule has 3 aromatic rings. The molecule has 166 valence electrons. The number of hydrogen-bond acceptors (Lipinski definition) is 2. The number of aryl methyl sites for hydroxylation is 1. The number of nitrogens with zero attached hydrogens (tertiary/aromatic N) is 1. The summed E-state index contributed by atoms with van der Waals surface area (Å²) in [5.74, 6) is -7.55. The van der Waals surface area contributed by atoms with E-state index in [4.69, 9.17) is 5.26 Å². The Kier molecular flexibility index (Phi) is 6.44. The maximum absolute atomic E-state index is 14.5. The summed E-state index contributed by atoms with van der Waals surface area (Å²) in [7, 11) is 0. The van der Waals surface area contributed by atoms with Gasteiger partial charge in [-0.3, -0.25) is 0 Å². The minimum absolute atomic E-state index is 0.0678. The van der Waals surface area contributed by atoms with E-state index in [0.717, 1.165) is 18.2 Å².